The Morgan fingerprint density at radius 1 is 0.968 bits per heavy atom. The smallest absolute Gasteiger partial charge is 0.253 e. The molecule has 158 valence electrons. The first kappa shape index (κ1) is 21.6. The molecule has 0 spiro atoms. The molecule has 4 aromatic rings. The van der Waals surface area contributed by atoms with Gasteiger partial charge < -0.3 is 9.15 Å². The van der Waals surface area contributed by atoms with E-state index in [1.54, 1.807) is 6.07 Å². The van der Waals surface area contributed by atoms with E-state index in [0.29, 0.717) is 16.5 Å². The summed E-state index contributed by atoms with van der Waals surface area (Å²) in [6.07, 6.45) is 0. The lowest BCUT2D eigenvalue weighted by atomic mass is 9.97. The first-order chi connectivity index (χ1) is 14.9. The molecule has 0 fully saturated rings. The quantitative estimate of drug-likeness (QED) is 0.287. The fraction of sp³-hybridized carbons (Fsp3) is 0.130. The molecule has 4 nitrogen and oxygen atoms in total. The molecular formula is C23H16Cl3FN2O2. The van der Waals surface area contributed by atoms with Gasteiger partial charge in [0.05, 0.1) is 16.0 Å². The molecule has 0 bridgehead atoms. The molecule has 1 aromatic heterocycles. The van der Waals surface area contributed by atoms with Crippen LogP contribution in [-0.2, 0) is 6.61 Å². The van der Waals surface area contributed by atoms with Gasteiger partial charge in [0.2, 0.25) is 5.89 Å². The first-order valence-corrected chi connectivity index (χ1v) is 10.5. The number of nitrogens with zero attached hydrogens (tertiary/aromatic N) is 2. The SMILES string of the molecule is CC(c1ccc(-c2ccccc2)c(F)c1)c1nnc(COc2c(Cl)cc(Cl)cc2Cl)o1. The highest BCUT2D eigenvalue weighted by Crippen LogP contribution is 2.36. The Labute approximate surface area is 193 Å². The average Bonchev–Trinajstić information content (AvgIpc) is 3.22. The van der Waals surface area contributed by atoms with Crippen LogP contribution in [0.3, 0.4) is 0 Å². The van der Waals surface area contributed by atoms with Crippen molar-refractivity contribution in [2.75, 3.05) is 0 Å². The molecule has 0 amide bonds. The van der Waals surface area contributed by atoms with Crippen molar-refractivity contribution in [2.45, 2.75) is 19.4 Å². The minimum Gasteiger partial charge on any atom is -0.481 e. The molecule has 3 aromatic carbocycles. The van der Waals surface area contributed by atoms with Crippen LogP contribution in [0, 0.1) is 5.82 Å². The molecule has 0 aliphatic heterocycles. The lowest BCUT2D eigenvalue weighted by Crippen LogP contribution is -1.98. The van der Waals surface area contributed by atoms with E-state index < -0.39 is 0 Å². The average molecular weight is 478 g/mol. The number of rotatable bonds is 6. The first-order valence-electron chi connectivity index (χ1n) is 9.37. The lowest BCUT2D eigenvalue weighted by molar-refractivity contribution is 0.258. The second-order valence-electron chi connectivity index (χ2n) is 6.85. The summed E-state index contributed by atoms with van der Waals surface area (Å²) < 4.78 is 26.0. The van der Waals surface area contributed by atoms with Crippen LogP contribution < -0.4 is 4.74 Å². The van der Waals surface area contributed by atoms with E-state index >= 15 is 0 Å². The molecule has 1 atom stereocenters. The van der Waals surface area contributed by atoms with Crippen LogP contribution in [0.1, 0.15) is 30.2 Å². The van der Waals surface area contributed by atoms with Gasteiger partial charge in [0, 0.05) is 10.6 Å². The van der Waals surface area contributed by atoms with Gasteiger partial charge in [0.15, 0.2) is 12.4 Å². The molecule has 1 heterocycles. The third kappa shape index (κ3) is 4.85. The zero-order valence-electron chi connectivity index (χ0n) is 16.3. The molecule has 0 aliphatic carbocycles. The van der Waals surface area contributed by atoms with Crippen LogP contribution in [0.25, 0.3) is 11.1 Å². The van der Waals surface area contributed by atoms with Gasteiger partial charge in [-0.2, -0.15) is 0 Å². The Bertz CT molecular complexity index is 1190. The van der Waals surface area contributed by atoms with E-state index in [-0.39, 0.29) is 40.0 Å². The molecule has 0 N–H and O–H groups in total. The van der Waals surface area contributed by atoms with Crippen molar-refractivity contribution in [2.24, 2.45) is 0 Å². The van der Waals surface area contributed by atoms with Crippen molar-refractivity contribution in [1.29, 1.82) is 0 Å². The van der Waals surface area contributed by atoms with E-state index in [1.807, 2.05) is 43.3 Å². The van der Waals surface area contributed by atoms with Crippen molar-refractivity contribution in [3.63, 3.8) is 0 Å². The minimum absolute atomic E-state index is 0.0257. The van der Waals surface area contributed by atoms with Gasteiger partial charge in [-0.3, -0.25) is 0 Å². The fourth-order valence-electron chi connectivity index (χ4n) is 3.10. The summed E-state index contributed by atoms with van der Waals surface area (Å²) in [5.41, 5.74) is 2.07. The van der Waals surface area contributed by atoms with Gasteiger partial charge in [-0.05, 0) is 36.2 Å². The van der Waals surface area contributed by atoms with Crippen molar-refractivity contribution < 1.29 is 13.5 Å². The molecule has 1 unspecified atom stereocenters. The van der Waals surface area contributed by atoms with E-state index in [1.165, 1.54) is 18.2 Å². The van der Waals surface area contributed by atoms with Crippen LogP contribution in [0.4, 0.5) is 4.39 Å². The topological polar surface area (TPSA) is 48.2 Å². The molecule has 0 saturated carbocycles. The Hall–Kier alpha value is -2.60. The summed E-state index contributed by atoms with van der Waals surface area (Å²) in [7, 11) is 0. The summed E-state index contributed by atoms with van der Waals surface area (Å²) in [4.78, 5) is 0. The predicted octanol–water partition coefficient (Wildman–Crippen LogP) is 7.57. The van der Waals surface area contributed by atoms with Crippen molar-refractivity contribution in [1.82, 2.24) is 10.2 Å². The maximum atomic E-state index is 14.7. The Morgan fingerprint density at radius 3 is 2.35 bits per heavy atom. The van der Waals surface area contributed by atoms with E-state index in [2.05, 4.69) is 10.2 Å². The van der Waals surface area contributed by atoms with Crippen molar-refractivity contribution in [3.8, 4) is 16.9 Å². The molecular weight excluding hydrogens is 462 g/mol. The zero-order chi connectivity index (χ0) is 22.0. The monoisotopic (exact) mass is 476 g/mol. The Morgan fingerprint density at radius 2 is 1.68 bits per heavy atom. The van der Waals surface area contributed by atoms with Crippen molar-refractivity contribution in [3.05, 3.63) is 98.9 Å². The van der Waals surface area contributed by atoms with Crippen LogP contribution in [0.2, 0.25) is 15.1 Å². The van der Waals surface area contributed by atoms with E-state index in [0.717, 1.165) is 11.1 Å². The molecule has 4 rings (SSSR count). The number of hydrogen-bond donors (Lipinski definition) is 0. The normalized spacial score (nSPS) is 12.0. The number of benzene rings is 3. The highest BCUT2D eigenvalue weighted by atomic mass is 35.5. The third-order valence-corrected chi connectivity index (χ3v) is 5.51. The maximum Gasteiger partial charge on any atom is 0.253 e. The summed E-state index contributed by atoms with van der Waals surface area (Å²) in [6.45, 7) is 1.84. The van der Waals surface area contributed by atoms with Crippen LogP contribution in [-0.4, -0.2) is 10.2 Å². The third-order valence-electron chi connectivity index (χ3n) is 4.73. The van der Waals surface area contributed by atoms with Gasteiger partial charge in [-0.15, -0.1) is 10.2 Å². The number of hydrogen-bond acceptors (Lipinski definition) is 4. The summed E-state index contributed by atoms with van der Waals surface area (Å²) in [5.74, 6) is 0.247. The number of aromatic nitrogens is 2. The largest absolute Gasteiger partial charge is 0.481 e. The molecule has 0 saturated heterocycles. The second-order valence-corrected chi connectivity index (χ2v) is 8.10. The fourth-order valence-corrected chi connectivity index (χ4v) is 4.02. The standard InChI is InChI=1S/C23H16Cl3FN2O2/c1-13(15-7-8-17(20(27)9-15)14-5-3-2-4-6-14)23-29-28-21(31-23)12-30-22-18(25)10-16(24)11-19(22)26/h2-11,13H,12H2,1H3. The Balaban J connectivity index is 1.48. The Kier molecular flexibility index (Phi) is 6.46. The van der Waals surface area contributed by atoms with Gasteiger partial charge >= 0.3 is 0 Å². The van der Waals surface area contributed by atoms with E-state index in [4.69, 9.17) is 44.0 Å². The van der Waals surface area contributed by atoms with Gasteiger partial charge in [0.1, 0.15) is 5.82 Å². The van der Waals surface area contributed by atoms with E-state index in [9.17, 15) is 4.39 Å². The van der Waals surface area contributed by atoms with Crippen LogP contribution in [0.5, 0.6) is 5.75 Å². The van der Waals surface area contributed by atoms with Gasteiger partial charge in [0.25, 0.3) is 5.89 Å². The maximum absolute atomic E-state index is 14.7. The van der Waals surface area contributed by atoms with Gasteiger partial charge in [-0.25, -0.2) is 4.39 Å². The van der Waals surface area contributed by atoms with Crippen LogP contribution in [0.15, 0.2) is 65.1 Å². The highest BCUT2D eigenvalue weighted by molar-refractivity contribution is 6.40. The predicted molar refractivity (Wildman–Crippen MR) is 119 cm³/mol. The molecule has 0 aliphatic rings. The summed E-state index contributed by atoms with van der Waals surface area (Å²) in [6, 6.07) is 17.5. The molecule has 0 radical (unpaired) electrons. The van der Waals surface area contributed by atoms with Crippen molar-refractivity contribution >= 4 is 34.8 Å². The molecule has 31 heavy (non-hydrogen) atoms. The second kappa shape index (κ2) is 9.27. The number of halogens is 4. The van der Waals surface area contributed by atoms with Gasteiger partial charge in [-0.1, -0.05) is 77.3 Å². The number of ether oxygens (including phenoxy) is 1. The molecule has 8 heteroatoms. The summed E-state index contributed by atoms with van der Waals surface area (Å²) in [5, 5.41) is 9.02. The highest BCUT2D eigenvalue weighted by Gasteiger charge is 2.19. The summed E-state index contributed by atoms with van der Waals surface area (Å²) >= 11 is 18.1. The lowest BCUT2D eigenvalue weighted by Gasteiger charge is -2.10. The minimum atomic E-state index is -0.314. The zero-order valence-corrected chi connectivity index (χ0v) is 18.5. The van der Waals surface area contributed by atoms with Crippen LogP contribution >= 0.6 is 34.8 Å².